The highest BCUT2D eigenvalue weighted by Gasteiger charge is 2.28. The first-order valence-corrected chi connectivity index (χ1v) is 6.61. The van der Waals surface area contributed by atoms with Crippen LogP contribution in [0.3, 0.4) is 0 Å². The molecule has 1 aromatic carbocycles. The van der Waals surface area contributed by atoms with Crippen LogP contribution in [-0.4, -0.2) is 35.1 Å². The summed E-state index contributed by atoms with van der Waals surface area (Å²) in [5.41, 5.74) is 5.78. The van der Waals surface area contributed by atoms with Crippen molar-refractivity contribution in [3.63, 3.8) is 0 Å². The third-order valence-electron chi connectivity index (χ3n) is 3.76. The summed E-state index contributed by atoms with van der Waals surface area (Å²) in [4.78, 5) is 13.0. The highest BCUT2D eigenvalue weighted by Crippen LogP contribution is 2.22. The SMILES string of the molecule is NC(=O)[C@H](O)C1CCN(Cc2ccc(F)c(F)c2)CC1. The molecule has 1 atom stereocenters. The minimum atomic E-state index is -1.10. The number of halogens is 2. The molecule has 0 aromatic heterocycles. The summed E-state index contributed by atoms with van der Waals surface area (Å²) >= 11 is 0. The van der Waals surface area contributed by atoms with Gasteiger partial charge in [-0.25, -0.2) is 8.78 Å². The van der Waals surface area contributed by atoms with Gasteiger partial charge in [-0.1, -0.05) is 6.07 Å². The fourth-order valence-corrected chi connectivity index (χ4v) is 2.56. The van der Waals surface area contributed by atoms with Gasteiger partial charge in [0.05, 0.1) is 0 Å². The predicted octanol–water partition coefficient (Wildman–Crippen LogP) is 1.02. The standard InChI is InChI=1S/C14H18F2N2O2/c15-11-2-1-9(7-12(11)16)8-18-5-3-10(4-6-18)13(19)14(17)20/h1-2,7,10,13,19H,3-6,8H2,(H2,17,20)/t13-/m1/s1. The first kappa shape index (κ1) is 14.9. The van der Waals surface area contributed by atoms with Crippen LogP contribution < -0.4 is 5.73 Å². The van der Waals surface area contributed by atoms with Gasteiger partial charge in [-0.2, -0.15) is 0 Å². The number of amides is 1. The summed E-state index contributed by atoms with van der Waals surface area (Å²) in [6, 6.07) is 3.87. The monoisotopic (exact) mass is 284 g/mol. The van der Waals surface area contributed by atoms with Crippen LogP contribution in [0.2, 0.25) is 0 Å². The lowest BCUT2D eigenvalue weighted by Crippen LogP contribution is -2.42. The van der Waals surface area contributed by atoms with Crippen molar-refractivity contribution in [2.45, 2.75) is 25.5 Å². The van der Waals surface area contributed by atoms with Crippen molar-refractivity contribution in [2.75, 3.05) is 13.1 Å². The van der Waals surface area contributed by atoms with E-state index in [9.17, 15) is 18.7 Å². The van der Waals surface area contributed by atoms with Crippen LogP contribution in [0.4, 0.5) is 8.78 Å². The Morgan fingerprint density at radius 3 is 2.55 bits per heavy atom. The smallest absolute Gasteiger partial charge is 0.246 e. The summed E-state index contributed by atoms with van der Waals surface area (Å²) in [5, 5.41) is 9.61. The van der Waals surface area contributed by atoms with Crippen molar-refractivity contribution in [1.82, 2.24) is 4.90 Å². The molecule has 0 saturated carbocycles. The number of hydrogen-bond acceptors (Lipinski definition) is 3. The molecule has 1 heterocycles. The van der Waals surface area contributed by atoms with Gasteiger partial charge in [0.25, 0.3) is 0 Å². The van der Waals surface area contributed by atoms with Crippen molar-refractivity contribution in [2.24, 2.45) is 11.7 Å². The van der Waals surface area contributed by atoms with Gasteiger partial charge in [0.2, 0.25) is 5.91 Å². The molecule has 110 valence electrons. The molecule has 1 aliphatic heterocycles. The molecule has 0 bridgehead atoms. The lowest BCUT2D eigenvalue weighted by molar-refractivity contribution is -0.129. The quantitative estimate of drug-likeness (QED) is 0.867. The Morgan fingerprint density at radius 1 is 1.35 bits per heavy atom. The van der Waals surface area contributed by atoms with E-state index in [0.29, 0.717) is 38.0 Å². The predicted molar refractivity (Wildman–Crippen MR) is 69.6 cm³/mol. The van der Waals surface area contributed by atoms with Gasteiger partial charge >= 0.3 is 0 Å². The Bertz CT molecular complexity index is 488. The van der Waals surface area contributed by atoms with E-state index in [2.05, 4.69) is 4.90 Å². The zero-order valence-corrected chi connectivity index (χ0v) is 11.1. The highest BCUT2D eigenvalue weighted by molar-refractivity contribution is 5.78. The van der Waals surface area contributed by atoms with E-state index in [-0.39, 0.29) is 5.92 Å². The summed E-state index contributed by atoms with van der Waals surface area (Å²) in [6.45, 7) is 1.90. The second-order valence-corrected chi connectivity index (χ2v) is 5.21. The number of nitrogens with zero attached hydrogens (tertiary/aromatic N) is 1. The van der Waals surface area contributed by atoms with E-state index in [0.717, 1.165) is 6.07 Å². The molecule has 1 fully saturated rings. The van der Waals surface area contributed by atoms with Crippen LogP contribution >= 0.6 is 0 Å². The maximum atomic E-state index is 13.1. The second-order valence-electron chi connectivity index (χ2n) is 5.21. The van der Waals surface area contributed by atoms with E-state index in [1.54, 1.807) is 6.07 Å². The summed E-state index contributed by atoms with van der Waals surface area (Å²) in [5.74, 6) is -2.50. The Kier molecular flexibility index (Phi) is 4.67. The van der Waals surface area contributed by atoms with Gasteiger partial charge in [-0.05, 0) is 49.5 Å². The number of nitrogens with two attached hydrogens (primary N) is 1. The third kappa shape index (κ3) is 3.52. The minimum absolute atomic E-state index is 0.117. The van der Waals surface area contributed by atoms with Crippen molar-refractivity contribution < 1.29 is 18.7 Å². The van der Waals surface area contributed by atoms with Gasteiger partial charge in [0, 0.05) is 6.54 Å². The van der Waals surface area contributed by atoms with Crippen LogP contribution in [0.1, 0.15) is 18.4 Å². The number of aliphatic hydroxyl groups excluding tert-OH is 1. The molecule has 20 heavy (non-hydrogen) atoms. The number of benzene rings is 1. The molecule has 0 spiro atoms. The molecule has 0 aliphatic carbocycles. The number of likely N-dealkylation sites (tertiary alicyclic amines) is 1. The largest absolute Gasteiger partial charge is 0.383 e. The Balaban J connectivity index is 1.88. The van der Waals surface area contributed by atoms with E-state index >= 15 is 0 Å². The van der Waals surface area contributed by atoms with Crippen LogP contribution in [0.15, 0.2) is 18.2 Å². The number of carbonyl (C=O) groups is 1. The van der Waals surface area contributed by atoms with Crippen LogP contribution in [0.5, 0.6) is 0 Å². The average molecular weight is 284 g/mol. The number of primary amides is 1. The molecule has 4 nitrogen and oxygen atoms in total. The molecular weight excluding hydrogens is 266 g/mol. The zero-order valence-electron chi connectivity index (χ0n) is 11.1. The summed E-state index contributed by atoms with van der Waals surface area (Å²) in [6.07, 6.45) is 0.224. The Labute approximate surface area is 116 Å². The van der Waals surface area contributed by atoms with Crippen LogP contribution in [0, 0.1) is 17.6 Å². The molecule has 3 N–H and O–H groups in total. The lowest BCUT2D eigenvalue weighted by atomic mass is 9.90. The van der Waals surface area contributed by atoms with Crippen LogP contribution in [-0.2, 0) is 11.3 Å². The molecule has 2 rings (SSSR count). The third-order valence-corrected chi connectivity index (χ3v) is 3.76. The first-order valence-electron chi connectivity index (χ1n) is 6.61. The molecule has 1 aromatic rings. The van der Waals surface area contributed by atoms with Gasteiger partial charge < -0.3 is 10.8 Å². The number of aliphatic hydroxyl groups is 1. The van der Waals surface area contributed by atoms with Crippen molar-refractivity contribution in [1.29, 1.82) is 0 Å². The summed E-state index contributed by atoms with van der Waals surface area (Å²) < 4.78 is 25.9. The van der Waals surface area contributed by atoms with E-state index < -0.39 is 23.6 Å². The molecule has 0 radical (unpaired) electrons. The van der Waals surface area contributed by atoms with Crippen molar-refractivity contribution >= 4 is 5.91 Å². The van der Waals surface area contributed by atoms with Crippen LogP contribution in [0.25, 0.3) is 0 Å². The highest BCUT2D eigenvalue weighted by atomic mass is 19.2. The van der Waals surface area contributed by atoms with Gasteiger partial charge in [0.1, 0.15) is 6.10 Å². The molecule has 1 aliphatic rings. The van der Waals surface area contributed by atoms with Gasteiger partial charge in [-0.15, -0.1) is 0 Å². The van der Waals surface area contributed by atoms with Gasteiger partial charge in [0.15, 0.2) is 11.6 Å². The Morgan fingerprint density at radius 2 is 2.00 bits per heavy atom. The minimum Gasteiger partial charge on any atom is -0.383 e. The number of piperidine rings is 1. The van der Waals surface area contributed by atoms with E-state index in [1.807, 2.05) is 0 Å². The topological polar surface area (TPSA) is 66.6 Å². The molecular formula is C14H18F2N2O2. The lowest BCUT2D eigenvalue weighted by Gasteiger charge is -2.33. The number of rotatable bonds is 4. The molecule has 1 saturated heterocycles. The zero-order chi connectivity index (χ0) is 14.7. The number of hydrogen-bond donors (Lipinski definition) is 2. The number of carbonyl (C=O) groups excluding carboxylic acids is 1. The maximum absolute atomic E-state index is 13.1. The maximum Gasteiger partial charge on any atom is 0.246 e. The fraction of sp³-hybridized carbons (Fsp3) is 0.500. The molecule has 0 unspecified atom stereocenters. The normalized spacial score (nSPS) is 18.9. The second kappa shape index (κ2) is 6.28. The Hall–Kier alpha value is -1.53. The van der Waals surface area contributed by atoms with E-state index in [4.69, 9.17) is 5.73 Å². The summed E-state index contributed by atoms with van der Waals surface area (Å²) in [7, 11) is 0. The average Bonchev–Trinajstić information content (AvgIpc) is 2.43. The molecule has 6 heteroatoms. The van der Waals surface area contributed by atoms with Gasteiger partial charge in [-0.3, -0.25) is 9.69 Å². The molecule has 1 amide bonds. The van der Waals surface area contributed by atoms with Crippen molar-refractivity contribution in [3.05, 3.63) is 35.4 Å². The fourth-order valence-electron chi connectivity index (χ4n) is 2.56. The first-order chi connectivity index (χ1) is 9.47. The van der Waals surface area contributed by atoms with Crippen molar-refractivity contribution in [3.8, 4) is 0 Å². The van der Waals surface area contributed by atoms with E-state index in [1.165, 1.54) is 6.07 Å².